The molecule has 1 N–H and O–H groups in total. The van der Waals surface area contributed by atoms with Crippen LogP contribution in [0.15, 0.2) is 12.5 Å². The van der Waals surface area contributed by atoms with Crippen LogP contribution in [0.25, 0.3) is 0 Å². The van der Waals surface area contributed by atoms with Crippen LogP contribution in [-0.2, 0) is 7.05 Å². The second kappa shape index (κ2) is 9.15. The molecule has 0 saturated heterocycles. The van der Waals surface area contributed by atoms with Gasteiger partial charge < -0.3 is 9.67 Å². The van der Waals surface area contributed by atoms with Gasteiger partial charge in [-0.05, 0) is 6.42 Å². The highest BCUT2D eigenvalue weighted by atomic mass is 16.3. The molecule has 0 aliphatic rings. The van der Waals surface area contributed by atoms with Crippen LogP contribution in [0.5, 0.6) is 0 Å². The van der Waals surface area contributed by atoms with Crippen LogP contribution < -0.4 is 0 Å². The smallest absolute Gasteiger partial charge is 0.0975 e. The molecule has 3 heteroatoms. The first-order chi connectivity index (χ1) is 8.74. The maximum Gasteiger partial charge on any atom is 0.0975 e. The third-order valence-electron chi connectivity index (χ3n) is 3.40. The first-order valence-corrected chi connectivity index (χ1v) is 7.40. The van der Waals surface area contributed by atoms with Gasteiger partial charge in [-0.3, -0.25) is 0 Å². The van der Waals surface area contributed by atoms with E-state index >= 15 is 0 Å². The van der Waals surface area contributed by atoms with Gasteiger partial charge in [-0.1, -0.05) is 58.3 Å². The molecular weight excluding hydrogens is 224 g/mol. The van der Waals surface area contributed by atoms with Crippen LogP contribution in [0, 0.1) is 0 Å². The van der Waals surface area contributed by atoms with Gasteiger partial charge in [0.15, 0.2) is 0 Å². The van der Waals surface area contributed by atoms with E-state index in [0.717, 1.165) is 18.5 Å². The Balaban J connectivity index is 1.97. The predicted molar refractivity (Wildman–Crippen MR) is 75.4 cm³/mol. The minimum absolute atomic E-state index is 0.383. The molecule has 0 aliphatic carbocycles. The number of aliphatic hydroxyl groups excluding tert-OH is 1. The highest BCUT2D eigenvalue weighted by molar-refractivity contribution is 5.00. The molecule has 0 bridgehead atoms. The largest absolute Gasteiger partial charge is 0.387 e. The van der Waals surface area contributed by atoms with E-state index in [-0.39, 0.29) is 6.10 Å². The molecule has 0 fully saturated rings. The molecule has 0 radical (unpaired) electrons. The van der Waals surface area contributed by atoms with E-state index in [2.05, 4.69) is 11.9 Å². The minimum Gasteiger partial charge on any atom is -0.387 e. The predicted octanol–water partition coefficient (Wildman–Crippen LogP) is 3.98. The van der Waals surface area contributed by atoms with Crippen LogP contribution in [0.1, 0.15) is 76.5 Å². The third kappa shape index (κ3) is 6.20. The Labute approximate surface area is 111 Å². The van der Waals surface area contributed by atoms with Crippen molar-refractivity contribution >= 4 is 0 Å². The lowest BCUT2D eigenvalue weighted by Gasteiger charge is -2.07. The number of hydrogen-bond acceptors (Lipinski definition) is 2. The van der Waals surface area contributed by atoms with Gasteiger partial charge >= 0.3 is 0 Å². The van der Waals surface area contributed by atoms with E-state index in [4.69, 9.17) is 0 Å². The molecule has 0 spiro atoms. The van der Waals surface area contributed by atoms with Gasteiger partial charge in [0.2, 0.25) is 0 Å². The van der Waals surface area contributed by atoms with Gasteiger partial charge in [0.25, 0.3) is 0 Å². The summed E-state index contributed by atoms with van der Waals surface area (Å²) in [7, 11) is 1.93. The van der Waals surface area contributed by atoms with Crippen molar-refractivity contribution in [3.63, 3.8) is 0 Å². The first-order valence-electron chi connectivity index (χ1n) is 7.40. The molecule has 0 aromatic carbocycles. The van der Waals surface area contributed by atoms with Crippen molar-refractivity contribution in [1.82, 2.24) is 9.55 Å². The molecule has 1 unspecified atom stereocenters. The molecule has 0 aliphatic heterocycles. The van der Waals surface area contributed by atoms with Crippen LogP contribution in [0.2, 0.25) is 0 Å². The molecule has 1 atom stereocenters. The molecule has 0 saturated carbocycles. The topological polar surface area (TPSA) is 38.0 Å². The second-order valence-electron chi connectivity index (χ2n) is 5.24. The molecule has 0 amide bonds. The summed E-state index contributed by atoms with van der Waals surface area (Å²) in [6, 6.07) is 0. The van der Waals surface area contributed by atoms with E-state index in [1.807, 2.05) is 17.8 Å². The maximum atomic E-state index is 9.93. The highest BCUT2D eigenvalue weighted by Crippen LogP contribution is 2.18. The summed E-state index contributed by atoms with van der Waals surface area (Å²) in [5, 5.41) is 9.93. The van der Waals surface area contributed by atoms with Gasteiger partial charge in [-0.25, -0.2) is 4.98 Å². The summed E-state index contributed by atoms with van der Waals surface area (Å²) in [4.78, 5) is 4.18. The quantitative estimate of drug-likeness (QED) is 0.639. The number of imidazole rings is 1. The van der Waals surface area contributed by atoms with Crippen LogP contribution >= 0.6 is 0 Å². The zero-order chi connectivity index (χ0) is 13.2. The lowest BCUT2D eigenvalue weighted by Crippen LogP contribution is -1.97. The molecule has 1 heterocycles. The van der Waals surface area contributed by atoms with Gasteiger partial charge in [0.1, 0.15) is 0 Å². The third-order valence-corrected chi connectivity index (χ3v) is 3.40. The van der Waals surface area contributed by atoms with Gasteiger partial charge in [0.05, 0.1) is 18.1 Å². The fourth-order valence-electron chi connectivity index (χ4n) is 2.22. The summed E-state index contributed by atoms with van der Waals surface area (Å²) >= 11 is 0. The maximum absolute atomic E-state index is 9.93. The Morgan fingerprint density at radius 1 is 1.11 bits per heavy atom. The monoisotopic (exact) mass is 252 g/mol. The fourth-order valence-corrected chi connectivity index (χ4v) is 2.22. The Kier molecular flexibility index (Phi) is 7.74. The van der Waals surface area contributed by atoms with Crippen LogP contribution in [-0.4, -0.2) is 14.7 Å². The average Bonchev–Trinajstić information content (AvgIpc) is 2.79. The van der Waals surface area contributed by atoms with E-state index in [9.17, 15) is 5.11 Å². The highest BCUT2D eigenvalue weighted by Gasteiger charge is 2.09. The summed E-state index contributed by atoms with van der Waals surface area (Å²) < 4.78 is 1.88. The molecule has 1 aromatic heterocycles. The molecule has 3 nitrogen and oxygen atoms in total. The van der Waals surface area contributed by atoms with Crippen molar-refractivity contribution in [2.45, 2.75) is 70.8 Å². The van der Waals surface area contributed by atoms with E-state index in [1.54, 1.807) is 6.33 Å². The average molecular weight is 252 g/mol. The fraction of sp³-hybridized carbons (Fsp3) is 0.800. The SMILES string of the molecule is CCCCCCCCCCC(O)c1cn(C)cn1. The molecular formula is C15H28N2O. The Morgan fingerprint density at radius 2 is 1.72 bits per heavy atom. The summed E-state index contributed by atoms with van der Waals surface area (Å²) in [6.45, 7) is 2.25. The number of aliphatic hydroxyl groups is 1. The molecule has 104 valence electrons. The summed E-state index contributed by atoms with van der Waals surface area (Å²) in [5.74, 6) is 0. The molecule has 1 aromatic rings. The van der Waals surface area contributed by atoms with E-state index < -0.39 is 0 Å². The Bertz CT molecular complexity index is 309. The molecule has 18 heavy (non-hydrogen) atoms. The Hall–Kier alpha value is -0.830. The standard InChI is InChI=1S/C15H28N2O/c1-3-4-5-6-7-8-9-10-11-15(18)14-12-17(2)13-16-14/h12-13,15,18H,3-11H2,1-2H3. The number of rotatable bonds is 10. The van der Waals surface area contributed by atoms with Gasteiger partial charge in [0, 0.05) is 13.2 Å². The van der Waals surface area contributed by atoms with Crippen molar-refractivity contribution in [3.8, 4) is 0 Å². The van der Waals surface area contributed by atoms with E-state index in [1.165, 1.54) is 44.9 Å². The summed E-state index contributed by atoms with van der Waals surface area (Å²) in [6.07, 6.45) is 14.5. The van der Waals surface area contributed by atoms with Crippen molar-refractivity contribution in [2.24, 2.45) is 7.05 Å². The zero-order valence-corrected chi connectivity index (χ0v) is 11.9. The molecule has 1 rings (SSSR count). The van der Waals surface area contributed by atoms with E-state index in [0.29, 0.717) is 0 Å². The van der Waals surface area contributed by atoms with Gasteiger partial charge in [-0.2, -0.15) is 0 Å². The number of unbranched alkanes of at least 4 members (excludes halogenated alkanes) is 7. The van der Waals surface area contributed by atoms with Crippen molar-refractivity contribution in [3.05, 3.63) is 18.2 Å². The lowest BCUT2D eigenvalue weighted by molar-refractivity contribution is 0.159. The number of aromatic nitrogens is 2. The number of aryl methyl sites for hydroxylation is 1. The normalized spacial score (nSPS) is 12.8. The minimum atomic E-state index is -0.383. The summed E-state index contributed by atoms with van der Waals surface area (Å²) in [5.41, 5.74) is 0.806. The zero-order valence-electron chi connectivity index (χ0n) is 11.9. The van der Waals surface area contributed by atoms with Crippen molar-refractivity contribution in [2.75, 3.05) is 0 Å². The van der Waals surface area contributed by atoms with Crippen LogP contribution in [0.4, 0.5) is 0 Å². The first kappa shape index (κ1) is 15.2. The Morgan fingerprint density at radius 3 is 2.28 bits per heavy atom. The van der Waals surface area contributed by atoms with Crippen molar-refractivity contribution < 1.29 is 5.11 Å². The second-order valence-corrected chi connectivity index (χ2v) is 5.24. The number of hydrogen-bond donors (Lipinski definition) is 1. The van der Waals surface area contributed by atoms with Crippen LogP contribution in [0.3, 0.4) is 0 Å². The number of nitrogens with zero attached hydrogens (tertiary/aromatic N) is 2. The van der Waals surface area contributed by atoms with Crippen molar-refractivity contribution in [1.29, 1.82) is 0 Å². The van der Waals surface area contributed by atoms with Gasteiger partial charge in [-0.15, -0.1) is 0 Å². The lowest BCUT2D eigenvalue weighted by atomic mass is 10.0.